The smallest absolute Gasteiger partial charge is 0.251 e. The number of carbonyl (C=O) groups excluding carboxylic acids is 1. The van der Waals surface area contributed by atoms with E-state index in [1.807, 2.05) is 0 Å². The van der Waals surface area contributed by atoms with Crippen molar-refractivity contribution in [1.29, 1.82) is 0 Å². The van der Waals surface area contributed by atoms with E-state index in [4.69, 9.17) is 18.0 Å². The number of carbonyl (C=O) groups is 1. The number of likely N-dealkylation sites (tertiary alicyclic amines) is 1. The third kappa shape index (κ3) is 4.37. The molecule has 0 bridgehead atoms. The quantitative estimate of drug-likeness (QED) is 0.757. The van der Waals surface area contributed by atoms with Crippen molar-refractivity contribution in [3.05, 3.63) is 34.2 Å². The summed E-state index contributed by atoms with van der Waals surface area (Å²) in [6, 6.07) is 3.14. The van der Waals surface area contributed by atoms with Gasteiger partial charge >= 0.3 is 0 Å². The molecule has 0 saturated carbocycles. The van der Waals surface area contributed by atoms with E-state index in [-0.39, 0.29) is 17.5 Å². The van der Waals surface area contributed by atoms with Crippen molar-refractivity contribution in [3.63, 3.8) is 0 Å². The fraction of sp³-hybridized carbons (Fsp3) is 0.500. The van der Waals surface area contributed by atoms with Gasteiger partial charge in [-0.1, -0.05) is 12.2 Å². The van der Waals surface area contributed by atoms with Gasteiger partial charge in [0.2, 0.25) is 0 Å². The van der Waals surface area contributed by atoms with Crippen LogP contribution >= 0.6 is 12.2 Å². The van der Waals surface area contributed by atoms with Gasteiger partial charge in [-0.05, 0) is 18.9 Å². The number of piperidine rings is 1. The van der Waals surface area contributed by atoms with Gasteiger partial charge in [0.15, 0.2) is 0 Å². The lowest BCUT2D eigenvalue weighted by Crippen LogP contribution is -2.46. The molecule has 0 atom stereocenters. The second-order valence-electron chi connectivity index (χ2n) is 5.35. The predicted octanol–water partition coefficient (Wildman–Crippen LogP) is -0.134. The molecule has 6 nitrogen and oxygen atoms in total. The maximum absolute atomic E-state index is 12.1. The molecule has 1 amide bonds. The van der Waals surface area contributed by atoms with Crippen molar-refractivity contribution in [2.75, 3.05) is 19.6 Å². The Kier molecular flexibility index (Phi) is 5.08. The number of thiocarbonyl (C=S) groups is 1. The van der Waals surface area contributed by atoms with Crippen LogP contribution in [-0.2, 0) is 7.05 Å². The highest BCUT2D eigenvalue weighted by Gasteiger charge is 2.21. The molecule has 21 heavy (non-hydrogen) atoms. The Morgan fingerprint density at radius 1 is 1.48 bits per heavy atom. The summed E-state index contributed by atoms with van der Waals surface area (Å²) in [5, 5.41) is 2.98. The number of hydrogen-bond acceptors (Lipinski definition) is 4. The maximum Gasteiger partial charge on any atom is 0.251 e. The third-order valence-electron chi connectivity index (χ3n) is 3.67. The lowest BCUT2D eigenvalue weighted by atomic mass is 10.0. The maximum atomic E-state index is 12.1. The van der Waals surface area contributed by atoms with Gasteiger partial charge in [-0.25, -0.2) is 0 Å². The van der Waals surface area contributed by atoms with E-state index < -0.39 is 0 Å². The Labute approximate surface area is 128 Å². The zero-order chi connectivity index (χ0) is 15.4. The van der Waals surface area contributed by atoms with Crippen LogP contribution in [-0.4, -0.2) is 46.0 Å². The SMILES string of the molecule is Cn1ccc(C(=O)NC2CCN(CC(N)=S)CC2)cc1=O. The van der Waals surface area contributed by atoms with Crippen LogP contribution in [0.25, 0.3) is 0 Å². The molecule has 114 valence electrons. The Hall–Kier alpha value is -1.73. The normalized spacial score (nSPS) is 16.6. The summed E-state index contributed by atoms with van der Waals surface area (Å²) in [5.74, 6) is -0.194. The van der Waals surface area contributed by atoms with E-state index in [1.165, 1.54) is 10.6 Å². The second kappa shape index (κ2) is 6.82. The van der Waals surface area contributed by atoms with Gasteiger partial charge in [0.1, 0.15) is 0 Å². The molecule has 1 aliphatic heterocycles. The number of rotatable bonds is 4. The Morgan fingerprint density at radius 2 is 2.14 bits per heavy atom. The summed E-state index contributed by atoms with van der Waals surface area (Å²) in [6.45, 7) is 2.35. The summed E-state index contributed by atoms with van der Waals surface area (Å²) in [5.41, 5.74) is 5.75. The first-order chi connectivity index (χ1) is 9.95. The number of nitrogens with zero attached hydrogens (tertiary/aromatic N) is 2. The van der Waals surface area contributed by atoms with Crippen LogP contribution in [0.4, 0.5) is 0 Å². The van der Waals surface area contributed by atoms with Crippen molar-refractivity contribution in [3.8, 4) is 0 Å². The lowest BCUT2D eigenvalue weighted by molar-refractivity contribution is 0.0914. The molecule has 3 N–H and O–H groups in total. The number of aromatic nitrogens is 1. The third-order valence-corrected chi connectivity index (χ3v) is 3.80. The topological polar surface area (TPSA) is 80.4 Å². The molecular formula is C14H20N4O2S. The predicted molar refractivity (Wildman–Crippen MR) is 85.4 cm³/mol. The highest BCUT2D eigenvalue weighted by atomic mass is 32.1. The summed E-state index contributed by atoms with van der Waals surface area (Å²) >= 11 is 4.90. The van der Waals surface area contributed by atoms with E-state index in [0.717, 1.165) is 25.9 Å². The summed E-state index contributed by atoms with van der Waals surface area (Å²) in [4.78, 5) is 26.3. The zero-order valence-electron chi connectivity index (χ0n) is 12.0. The van der Waals surface area contributed by atoms with E-state index in [9.17, 15) is 9.59 Å². The summed E-state index contributed by atoms with van der Waals surface area (Å²) in [6.07, 6.45) is 3.32. The fourth-order valence-electron chi connectivity index (χ4n) is 2.41. The molecule has 1 saturated heterocycles. The molecule has 1 fully saturated rings. The average molecular weight is 308 g/mol. The average Bonchev–Trinajstić information content (AvgIpc) is 2.43. The second-order valence-corrected chi connectivity index (χ2v) is 5.88. The van der Waals surface area contributed by atoms with Gasteiger partial charge in [-0.2, -0.15) is 0 Å². The van der Waals surface area contributed by atoms with Gasteiger partial charge in [-0.3, -0.25) is 14.5 Å². The molecule has 0 unspecified atom stereocenters. The number of aryl methyl sites for hydroxylation is 1. The molecule has 1 aromatic rings. The number of hydrogen-bond donors (Lipinski definition) is 2. The van der Waals surface area contributed by atoms with Gasteiger partial charge in [-0.15, -0.1) is 0 Å². The number of nitrogens with two attached hydrogens (primary N) is 1. The highest BCUT2D eigenvalue weighted by Crippen LogP contribution is 2.10. The lowest BCUT2D eigenvalue weighted by Gasteiger charge is -2.31. The van der Waals surface area contributed by atoms with E-state index in [0.29, 0.717) is 17.1 Å². The first kappa shape index (κ1) is 15.7. The standard InChI is InChI=1S/C14H20N4O2S/c1-17-5-2-10(8-13(17)19)14(20)16-11-3-6-18(7-4-11)9-12(15)21/h2,5,8,11H,3-4,6-7,9H2,1H3,(H2,15,21)(H,16,20). The van der Waals surface area contributed by atoms with Crippen LogP contribution in [0, 0.1) is 0 Å². The minimum Gasteiger partial charge on any atom is -0.392 e. The van der Waals surface area contributed by atoms with Crippen molar-refractivity contribution in [1.82, 2.24) is 14.8 Å². The van der Waals surface area contributed by atoms with Crippen LogP contribution in [0.2, 0.25) is 0 Å². The van der Waals surface area contributed by atoms with Gasteiger partial charge in [0.25, 0.3) is 11.5 Å². The molecule has 7 heteroatoms. The van der Waals surface area contributed by atoms with Crippen LogP contribution < -0.4 is 16.6 Å². The molecule has 0 radical (unpaired) electrons. The van der Waals surface area contributed by atoms with Crippen LogP contribution in [0.15, 0.2) is 23.1 Å². The Bertz CT molecular complexity index is 591. The molecule has 1 aromatic heterocycles. The van der Waals surface area contributed by atoms with Crippen LogP contribution in [0.1, 0.15) is 23.2 Å². The number of amides is 1. The van der Waals surface area contributed by atoms with Gasteiger partial charge in [0.05, 0.1) is 4.99 Å². The van der Waals surface area contributed by atoms with E-state index in [1.54, 1.807) is 19.3 Å². The minimum atomic E-state index is -0.194. The summed E-state index contributed by atoms with van der Waals surface area (Å²) < 4.78 is 1.44. The first-order valence-corrected chi connectivity index (χ1v) is 7.35. The molecule has 2 rings (SSSR count). The molecule has 1 aliphatic rings. The van der Waals surface area contributed by atoms with Crippen molar-refractivity contribution >= 4 is 23.1 Å². The fourth-order valence-corrected chi connectivity index (χ4v) is 2.60. The molecule has 2 heterocycles. The Morgan fingerprint density at radius 3 is 2.71 bits per heavy atom. The van der Waals surface area contributed by atoms with Gasteiger partial charge < -0.3 is 15.6 Å². The van der Waals surface area contributed by atoms with E-state index >= 15 is 0 Å². The Balaban J connectivity index is 1.88. The van der Waals surface area contributed by atoms with Gasteiger partial charge in [0, 0.05) is 50.6 Å². The van der Waals surface area contributed by atoms with Crippen LogP contribution in [0.5, 0.6) is 0 Å². The highest BCUT2D eigenvalue weighted by molar-refractivity contribution is 7.80. The molecule has 0 aliphatic carbocycles. The molecule has 0 aromatic carbocycles. The van der Waals surface area contributed by atoms with Crippen molar-refractivity contribution in [2.24, 2.45) is 12.8 Å². The van der Waals surface area contributed by atoms with E-state index in [2.05, 4.69) is 10.2 Å². The first-order valence-electron chi connectivity index (χ1n) is 6.94. The zero-order valence-corrected chi connectivity index (χ0v) is 12.9. The molecular weight excluding hydrogens is 288 g/mol. The van der Waals surface area contributed by atoms with Crippen molar-refractivity contribution < 1.29 is 4.79 Å². The van der Waals surface area contributed by atoms with Crippen LogP contribution in [0.3, 0.4) is 0 Å². The minimum absolute atomic E-state index is 0.129. The van der Waals surface area contributed by atoms with Crippen molar-refractivity contribution in [2.45, 2.75) is 18.9 Å². The number of pyridine rings is 1. The number of nitrogens with one attached hydrogen (secondary N) is 1. The monoisotopic (exact) mass is 308 g/mol. The summed E-state index contributed by atoms with van der Waals surface area (Å²) in [7, 11) is 1.65. The molecule has 0 spiro atoms. The largest absolute Gasteiger partial charge is 0.392 e.